The molecule has 1 aromatic rings. The molecule has 2 nitrogen and oxygen atoms in total. The van der Waals surface area contributed by atoms with Crippen molar-refractivity contribution in [2.75, 3.05) is 7.11 Å². The van der Waals surface area contributed by atoms with Crippen molar-refractivity contribution in [1.29, 1.82) is 0 Å². The van der Waals surface area contributed by atoms with Crippen LogP contribution in [0.25, 0.3) is 0 Å². The fourth-order valence-electron chi connectivity index (χ4n) is 2.79. The number of alkyl halides is 2. The van der Waals surface area contributed by atoms with Crippen LogP contribution in [0, 0.1) is 5.92 Å². The van der Waals surface area contributed by atoms with E-state index in [-0.39, 0.29) is 18.8 Å². The molecule has 2 rings (SSSR count). The number of benzene rings is 1. The third-order valence-corrected chi connectivity index (χ3v) is 4.19. The van der Waals surface area contributed by atoms with Crippen LogP contribution in [0.2, 0.25) is 0 Å². The van der Waals surface area contributed by atoms with Crippen molar-refractivity contribution in [3.8, 4) is 5.75 Å². The fraction of sp³-hybridized carbons (Fsp3) is 0.625. The van der Waals surface area contributed by atoms with Crippen molar-refractivity contribution in [2.24, 2.45) is 5.92 Å². The van der Waals surface area contributed by atoms with Crippen LogP contribution in [-0.2, 0) is 6.42 Å². The third kappa shape index (κ3) is 4.17. The van der Waals surface area contributed by atoms with Crippen LogP contribution in [-0.4, -0.2) is 24.2 Å². The molecule has 1 aliphatic carbocycles. The first-order valence-corrected chi connectivity index (χ1v) is 7.19. The van der Waals surface area contributed by atoms with Crippen LogP contribution < -0.4 is 4.74 Å². The zero-order chi connectivity index (χ0) is 14.6. The van der Waals surface area contributed by atoms with E-state index in [1.807, 2.05) is 24.3 Å². The molecule has 1 aromatic carbocycles. The van der Waals surface area contributed by atoms with Crippen LogP contribution in [0.15, 0.2) is 24.3 Å². The molecule has 20 heavy (non-hydrogen) atoms. The maximum atomic E-state index is 13.1. The van der Waals surface area contributed by atoms with E-state index in [0.717, 1.165) is 17.7 Å². The summed E-state index contributed by atoms with van der Waals surface area (Å²) >= 11 is 0. The van der Waals surface area contributed by atoms with Crippen LogP contribution in [0.4, 0.5) is 8.78 Å². The minimum Gasteiger partial charge on any atom is -0.497 e. The molecule has 0 saturated heterocycles. The average Bonchev–Trinajstić information content (AvgIpc) is 2.45. The molecule has 4 heteroatoms. The van der Waals surface area contributed by atoms with Crippen molar-refractivity contribution in [2.45, 2.75) is 50.6 Å². The van der Waals surface area contributed by atoms with Crippen molar-refractivity contribution in [1.82, 2.24) is 0 Å². The molecule has 1 aliphatic rings. The Balaban J connectivity index is 1.78. The zero-order valence-corrected chi connectivity index (χ0v) is 11.8. The smallest absolute Gasteiger partial charge is 0.248 e. The summed E-state index contributed by atoms with van der Waals surface area (Å²) in [6.07, 6.45) is 1.59. The van der Waals surface area contributed by atoms with Gasteiger partial charge in [-0.2, -0.15) is 0 Å². The van der Waals surface area contributed by atoms with Gasteiger partial charge in [0, 0.05) is 12.8 Å². The van der Waals surface area contributed by atoms with Gasteiger partial charge in [0.05, 0.1) is 13.2 Å². The second-order valence-electron chi connectivity index (χ2n) is 5.65. The normalized spacial score (nSPS) is 20.6. The molecule has 1 atom stereocenters. The molecule has 112 valence electrons. The zero-order valence-electron chi connectivity index (χ0n) is 11.8. The number of rotatable bonds is 5. The predicted molar refractivity (Wildman–Crippen MR) is 74.2 cm³/mol. The Labute approximate surface area is 118 Å². The third-order valence-electron chi connectivity index (χ3n) is 4.19. The maximum Gasteiger partial charge on any atom is 0.248 e. The Hall–Kier alpha value is -1.16. The highest BCUT2D eigenvalue weighted by atomic mass is 19.3. The van der Waals surface area contributed by atoms with Gasteiger partial charge in [-0.25, -0.2) is 8.78 Å². The summed E-state index contributed by atoms with van der Waals surface area (Å²) in [7, 11) is 1.62. The molecule has 1 fully saturated rings. The molecule has 1 saturated carbocycles. The number of aliphatic hydroxyl groups excluding tert-OH is 1. The lowest BCUT2D eigenvalue weighted by atomic mass is 9.81. The molecule has 0 aromatic heterocycles. The highest BCUT2D eigenvalue weighted by Gasteiger charge is 2.36. The summed E-state index contributed by atoms with van der Waals surface area (Å²) in [6, 6.07) is 7.73. The number of aryl methyl sites for hydroxylation is 1. The van der Waals surface area contributed by atoms with E-state index >= 15 is 0 Å². The lowest BCUT2D eigenvalue weighted by molar-refractivity contribution is -0.0629. The number of hydrogen-bond donors (Lipinski definition) is 1. The summed E-state index contributed by atoms with van der Waals surface area (Å²) in [5.41, 5.74) is 1.13. The minimum atomic E-state index is -2.52. The van der Waals surface area contributed by atoms with E-state index in [9.17, 15) is 13.9 Å². The van der Waals surface area contributed by atoms with Crippen molar-refractivity contribution < 1.29 is 18.6 Å². The second kappa shape index (κ2) is 6.53. The average molecular weight is 284 g/mol. The minimum absolute atomic E-state index is 0.0212. The Bertz CT molecular complexity index is 407. The Morgan fingerprint density at radius 1 is 1.25 bits per heavy atom. The van der Waals surface area contributed by atoms with Gasteiger partial charge in [0.25, 0.3) is 0 Å². The number of ether oxygens (including phenoxy) is 1. The molecule has 1 unspecified atom stereocenters. The number of halogens is 2. The molecule has 0 amide bonds. The van der Waals surface area contributed by atoms with Gasteiger partial charge in [0.15, 0.2) is 0 Å². The van der Waals surface area contributed by atoms with Crippen LogP contribution >= 0.6 is 0 Å². The molecule has 0 radical (unpaired) electrons. The maximum absolute atomic E-state index is 13.1. The molecule has 0 heterocycles. The summed E-state index contributed by atoms with van der Waals surface area (Å²) in [4.78, 5) is 0. The largest absolute Gasteiger partial charge is 0.497 e. The Morgan fingerprint density at radius 3 is 2.40 bits per heavy atom. The number of aliphatic hydroxyl groups is 1. The lowest BCUT2D eigenvalue weighted by Crippen LogP contribution is -2.31. The highest BCUT2D eigenvalue weighted by molar-refractivity contribution is 5.27. The topological polar surface area (TPSA) is 29.5 Å². The van der Waals surface area contributed by atoms with E-state index in [4.69, 9.17) is 4.74 Å². The monoisotopic (exact) mass is 284 g/mol. The van der Waals surface area contributed by atoms with Gasteiger partial charge in [-0.1, -0.05) is 12.1 Å². The molecule has 0 aliphatic heterocycles. The number of methoxy groups -OCH3 is 1. The van der Waals surface area contributed by atoms with Crippen LogP contribution in [0.1, 0.15) is 37.7 Å². The van der Waals surface area contributed by atoms with Gasteiger partial charge >= 0.3 is 0 Å². The quantitative estimate of drug-likeness (QED) is 0.891. The standard InChI is InChI=1S/C16H22F2O2/c1-20-14-5-2-12(3-6-14)4-7-15(19)13-8-10-16(17,18)11-9-13/h2-3,5-6,13,15,19H,4,7-11H2,1H3. The van der Waals surface area contributed by atoms with E-state index in [1.54, 1.807) is 7.11 Å². The Morgan fingerprint density at radius 2 is 1.85 bits per heavy atom. The van der Waals surface area contributed by atoms with E-state index < -0.39 is 12.0 Å². The molecule has 0 bridgehead atoms. The van der Waals surface area contributed by atoms with Crippen LogP contribution in [0.5, 0.6) is 5.75 Å². The first-order chi connectivity index (χ1) is 9.50. The molecule has 0 spiro atoms. The van der Waals surface area contributed by atoms with E-state index in [2.05, 4.69) is 0 Å². The second-order valence-corrected chi connectivity index (χ2v) is 5.65. The summed E-state index contributed by atoms with van der Waals surface area (Å²) in [5, 5.41) is 10.1. The van der Waals surface area contributed by atoms with Gasteiger partial charge in [-0.05, 0) is 49.3 Å². The van der Waals surface area contributed by atoms with Gasteiger partial charge in [0.1, 0.15) is 5.75 Å². The van der Waals surface area contributed by atoms with Crippen molar-refractivity contribution in [3.63, 3.8) is 0 Å². The van der Waals surface area contributed by atoms with Gasteiger partial charge in [0.2, 0.25) is 5.92 Å². The number of hydrogen-bond acceptors (Lipinski definition) is 2. The molecule has 1 N–H and O–H groups in total. The summed E-state index contributed by atoms with van der Waals surface area (Å²) in [6.45, 7) is 0. The first-order valence-electron chi connectivity index (χ1n) is 7.19. The SMILES string of the molecule is COc1ccc(CCC(O)C2CCC(F)(F)CC2)cc1. The summed E-state index contributed by atoms with van der Waals surface area (Å²) < 4.78 is 31.2. The summed E-state index contributed by atoms with van der Waals surface area (Å²) in [5.74, 6) is -1.69. The molecular weight excluding hydrogens is 262 g/mol. The van der Waals surface area contributed by atoms with Crippen molar-refractivity contribution >= 4 is 0 Å². The van der Waals surface area contributed by atoms with Gasteiger partial charge in [-0.15, -0.1) is 0 Å². The fourth-order valence-corrected chi connectivity index (χ4v) is 2.79. The van der Waals surface area contributed by atoms with Gasteiger partial charge < -0.3 is 9.84 Å². The van der Waals surface area contributed by atoms with Crippen molar-refractivity contribution in [3.05, 3.63) is 29.8 Å². The van der Waals surface area contributed by atoms with Gasteiger partial charge in [-0.3, -0.25) is 0 Å². The lowest BCUT2D eigenvalue weighted by Gasteiger charge is -2.31. The highest BCUT2D eigenvalue weighted by Crippen LogP contribution is 2.38. The molecular formula is C16H22F2O2. The Kier molecular flexibility index (Phi) is 4.97. The van der Waals surface area contributed by atoms with E-state index in [1.165, 1.54) is 0 Å². The van der Waals surface area contributed by atoms with Crippen LogP contribution in [0.3, 0.4) is 0 Å². The van der Waals surface area contributed by atoms with E-state index in [0.29, 0.717) is 19.3 Å². The predicted octanol–water partition coefficient (Wildman–Crippen LogP) is 3.81. The first kappa shape index (κ1) is 15.2.